The van der Waals surface area contributed by atoms with Crippen molar-refractivity contribution in [2.24, 2.45) is 0 Å². The van der Waals surface area contributed by atoms with E-state index in [1.165, 1.54) is 10.6 Å². The molecule has 7 heteroatoms. The highest BCUT2D eigenvalue weighted by atomic mass is 35.5. The van der Waals surface area contributed by atoms with Crippen LogP contribution in [0.2, 0.25) is 5.02 Å². The van der Waals surface area contributed by atoms with Crippen LogP contribution < -0.4 is 9.62 Å². The summed E-state index contributed by atoms with van der Waals surface area (Å²) in [5.74, 6) is -0.265. The summed E-state index contributed by atoms with van der Waals surface area (Å²) >= 11 is 5.95. The number of carbonyl (C=O) groups excluding carboxylic acids is 1. The molecule has 0 aliphatic rings. The second-order valence-electron chi connectivity index (χ2n) is 7.22. The van der Waals surface area contributed by atoms with Crippen molar-refractivity contribution < 1.29 is 13.2 Å². The van der Waals surface area contributed by atoms with Gasteiger partial charge in [0.15, 0.2) is 0 Å². The van der Waals surface area contributed by atoms with Gasteiger partial charge in [-0.3, -0.25) is 9.10 Å². The van der Waals surface area contributed by atoms with E-state index in [1.807, 2.05) is 32.0 Å². The number of hydrogen-bond acceptors (Lipinski definition) is 3. The fourth-order valence-corrected chi connectivity index (χ4v) is 4.19. The smallest absolute Gasteiger partial charge is 0.255 e. The summed E-state index contributed by atoms with van der Waals surface area (Å²) in [4.78, 5) is 12.5. The molecule has 0 saturated carbocycles. The molecule has 0 atom stereocenters. The number of sulfonamides is 1. The molecule has 0 bridgehead atoms. The summed E-state index contributed by atoms with van der Waals surface area (Å²) in [6.45, 7) is 3.99. The Balaban J connectivity index is 1.80. The van der Waals surface area contributed by atoms with Gasteiger partial charge in [0.2, 0.25) is 10.0 Å². The topological polar surface area (TPSA) is 66.5 Å². The first-order valence-electron chi connectivity index (χ1n) is 9.34. The van der Waals surface area contributed by atoms with Crippen molar-refractivity contribution in [3.05, 3.63) is 94.0 Å². The Labute approximate surface area is 182 Å². The van der Waals surface area contributed by atoms with Crippen LogP contribution in [0.3, 0.4) is 0 Å². The number of halogens is 1. The van der Waals surface area contributed by atoms with Crippen LogP contribution in [0.1, 0.15) is 27.0 Å². The monoisotopic (exact) mass is 442 g/mol. The van der Waals surface area contributed by atoms with Gasteiger partial charge in [0.05, 0.1) is 18.5 Å². The average Bonchev–Trinajstić information content (AvgIpc) is 2.68. The molecule has 30 heavy (non-hydrogen) atoms. The van der Waals surface area contributed by atoms with E-state index in [1.54, 1.807) is 48.5 Å². The highest BCUT2D eigenvalue weighted by Gasteiger charge is 2.20. The number of nitrogens with one attached hydrogen (secondary N) is 1. The molecule has 0 aliphatic heterocycles. The fraction of sp³-hybridized carbons (Fsp3) is 0.174. The third kappa shape index (κ3) is 5.40. The van der Waals surface area contributed by atoms with Crippen molar-refractivity contribution in [1.82, 2.24) is 0 Å². The van der Waals surface area contributed by atoms with Gasteiger partial charge in [-0.25, -0.2) is 8.42 Å². The quantitative estimate of drug-likeness (QED) is 0.572. The van der Waals surface area contributed by atoms with Crippen LogP contribution in [0.5, 0.6) is 0 Å². The molecule has 0 saturated heterocycles. The molecule has 1 N–H and O–H groups in total. The van der Waals surface area contributed by atoms with Gasteiger partial charge in [0.1, 0.15) is 0 Å². The minimum atomic E-state index is -3.49. The van der Waals surface area contributed by atoms with Crippen LogP contribution in [0, 0.1) is 13.8 Å². The second-order valence-corrected chi connectivity index (χ2v) is 9.56. The Morgan fingerprint density at radius 2 is 1.70 bits per heavy atom. The average molecular weight is 443 g/mol. The van der Waals surface area contributed by atoms with Crippen molar-refractivity contribution in [3.8, 4) is 0 Å². The highest BCUT2D eigenvalue weighted by Crippen LogP contribution is 2.26. The van der Waals surface area contributed by atoms with Crippen LogP contribution in [0.25, 0.3) is 0 Å². The molecular formula is C23H23ClN2O3S. The third-order valence-electron chi connectivity index (χ3n) is 4.66. The summed E-state index contributed by atoms with van der Waals surface area (Å²) in [6.07, 6.45) is 1.20. The van der Waals surface area contributed by atoms with E-state index in [2.05, 4.69) is 5.32 Å². The molecule has 3 rings (SSSR count). The van der Waals surface area contributed by atoms with Crippen LogP contribution in [0.4, 0.5) is 11.4 Å². The van der Waals surface area contributed by atoms with Gasteiger partial charge >= 0.3 is 0 Å². The molecule has 0 unspecified atom stereocenters. The summed E-state index contributed by atoms with van der Waals surface area (Å²) < 4.78 is 26.3. The predicted octanol–water partition coefficient (Wildman–Crippen LogP) is 5.18. The van der Waals surface area contributed by atoms with Gasteiger partial charge in [-0.15, -0.1) is 0 Å². The molecule has 0 heterocycles. The highest BCUT2D eigenvalue weighted by molar-refractivity contribution is 7.92. The van der Waals surface area contributed by atoms with Crippen LogP contribution >= 0.6 is 11.6 Å². The summed E-state index contributed by atoms with van der Waals surface area (Å²) in [6, 6.07) is 19.5. The van der Waals surface area contributed by atoms with Crippen molar-refractivity contribution >= 4 is 38.9 Å². The van der Waals surface area contributed by atoms with E-state index < -0.39 is 10.0 Å². The van der Waals surface area contributed by atoms with Crippen molar-refractivity contribution in [2.45, 2.75) is 20.4 Å². The Morgan fingerprint density at radius 1 is 1.00 bits per heavy atom. The zero-order chi connectivity index (χ0) is 21.9. The molecule has 0 radical (unpaired) electrons. The van der Waals surface area contributed by atoms with E-state index in [9.17, 15) is 13.2 Å². The number of aryl methyl sites for hydroxylation is 2. The van der Waals surface area contributed by atoms with Crippen molar-refractivity contribution in [1.29, 1.82) is 0 Å². The van der Waals surface area contributed by atoms with E-state index >= 15 is 0 Å². The number of carbonyl (C=O) groups is 1. The van der Waals surface area contributed by atoms with E-state index in [0.29, 0.717) is 22.0 Å². The summed E-state index contributed by atoms with van der Waals surface area (Å²) in [5.41, 5.74) is 4.37. The molecule has 1 amide bonds. The minimum absolute atomic E-state index is 0.180. The Hall–Kier alpha value is -2.83. The molecule has 3 aromatic carbocycles. The van der Waals surface area contributed by atoms with Gasteiger partial charge in [-0.2, -0.15) is 0 Å². The first-order valence-corrected chi connectivity index (χ1v) is 11.6. The standard InChI is InChI=1S/C23H23ClN2O3S/c1-16-7-8-17(2)22(13-16)26(30(3,28)29)15-18-9-11-19(12-10-18)23(27)25-21-6-4-5-20(24)14-21/h4-14H,15H2,1-3H3,(H,25,27). The van der Waals surface area contributed by atoms with Crippen LogP contribution in [-0.2, 0) is 16.6 Å². The van der Waals surface area contributed by atoms with Gasteiger partial charge in [0, 0.05) is 16.3 Å². The fourth-order valence-electron chi connectivity index (χ4n) is 3.07. The lowest BCUT2D eigenvalue weighted by atomic mass is 10.1. The van der Waals surface area contributed by atoms with Gasteiger partial charge in [0.25, 0.3) is 5.91 Å². The number of anilines is 2. The third-order valence-corrected chi connectivity index (χ3v) is 6.02. The number of hydrogen-bond donors (Lipinski definition) is 1. The minimum Gasteiger partial charge on any atom is -0.322 e. The van der Waals surface area contributed by atoms with Gasteiger partial charge < -0.3 is 5.32 Å². The molecule has 156 valence electrons. The molecule has 0 fully saturated rings. The Morgan fingerprint density at radius 3 is 2.33 bits per heavy atom. The van der Waals surface area contributed by atoms with Crippen LogP contribution in [-0.4, -0.2) is 20.6 Å². The zero-order valence-electron chi connectivity index (χ0n) is 17.0. The zero-order valence-corrected chi connectivity index (χ0v) is 18.6. The van der Waals surface area contributed by atoms with Gasteiger partial charge in [-0.05, 0) is 66.9 Å². The first kappa shape index (κ1) is 21.9. The molecule has 0 aliphatic carbocycles. The van der Waals surface area contributed by atoms with E-state index in [0.717, 1.165) is 16.7 Å². The first-order chi connectivity index (χ1) is 14.1. The number of nitrogens with zero attached hydrogens (tertiary/aromatic N) is 1. The lowest BCUT2D eigenvalue weighted by Crippen LogP contribution is -2.30. The molecule has 0 spiro atoms. The van der Waals surface area contributed by atoms with E-state index in [-0.39, 0.29) is 12.5 Å². The number of benzene rings is 3. The summed E-state index contributed by atoms with van der Waals surface area (Å²) in [7, 11) is -3.49. The maximum atomic E-state index is 12.5. The lowest BCUT2D eigenvalue weighted by molar-refractivity contribution is 0.102. The Bertz CT molecular complexity index is 1180. The SMILES string of the molecule is Cc1ccc(C)c(N(Cc2ccc(C(=O)Nc3cccc(Cl)c3)cc2)S(C)(=O)=O)c1. The second kappa shape index (κ2) is 8.90. The largest absolute Gasteiger partial charge is 0.322 e. The molecule has 3 aromatic rings. The lowest BCUT2D eigenvalue weighted by Gasteiger charge is -2.25. The van der Waals surface area contributed by atoms with Crippen LogP contribution in [0.15, 0.2) is 66.7 Å². The number of rotatable bonds is 6. The Kier molecular flexibility index (Phi) is 6.48. The predicted molar refractivity (Wildman–Crippen MR) is 123 cm³/mol. The molecule has 5 nitrogen and oxygen atoms in total. The van der Waals surface area contributed by atoms with Crippen molar-refractivity contribution in [3.63, 3.8) is 0 Å². The van der Waals surface area contributed by atoms with E-state index in [4.69, 9.17) is 11.6 Å². The maximum Gasteiger partial charge on any atom is 0.255 e. The molecular weight excluding hydrogens is 420 g/mol. The summed E-state index contributed by atoms with van der Waals surface area (Å²) in [5, 5.41) is 3.33. The molecule has 0 aromatic heterocycles. The number of amides is 1. The van der Waals surface area contributed by atoms with Gasteiger partial charge in [-0.1, -0.05) is 41.9 Å². The maximum absolute atomic E-state index is 12.5. The van der Waals surface area contributed by atoms with Crippen molar-refractivity contribution in [2.75, 3.05) is 15.9 Å². The normalized spacial score (nSPS) is 11.2.